The van der Waals surface area contributed by atoms with Gasteiger partial charge in [0.1, 0.15) is 16.3 Å². The van der Waals surface area contributed by atoms with Gasteiger partial charge in [-0.1, -0.05) is 15.9 Å². The second-order valence-corrected chi connectivity index (χ2v) is 6.60. The predicted molar refractivity (Wildman–Crippen MR) is 72.4 cm³/mol. The van der Waals surface area contributed by atoms with Crippen LogP contribution < -0.4 is 4.72 Å². The zero-order chi connectivity index (χ0) is 13.2. The van der Waals surface area contributed by atoms with Gasteiger partial charge in [-0.25, -0.2) is 18.4 Å². The number of rotatable bonds is 4. The Morgan fingerprint density at radius 1 is 1.39 bits per heavy atom. The molecular formula is C10H11BrN4O2S. The van der Waals surface area contributed by atoms with Crippen LogP contribution in [0.5, 0.6) is 0 Å². The van der Waals surface area contributed by atoms with Gasteiger partial charge in [-0.05, 0) is 19.1 Å². The number of aromatic nitrogens is 3. The van der Waals surface area contributed by atoms with Crippen LogP contribution in [0, 0.1) is 6.92 Å². The second kappa shape index (κ2) is 5.07. The molecule has 8 heteroatoms. The van der Waals surface area contributed by atoms with Crippen molar-refractivity contribution in [3.8, 4) is 5.82 Å². The van der Waals surface area contributed by atoms with Gasteiger partial charge < -0.3 is 0 Å². The lowest BCUT2D eigenvalue weighted by Crippen LogP contribution is -2.13. The summed E-state index contributed by atoms with van der Waals surface area (Å²) < 4.78 is 26.7. The number of pyridine rings is 1. The molecule has 0 saturated heterocycles. The number of hydrogen-bond acceptors (Lipinski definition) is 4. The molecule has 0 aliphatic carbocycles. The predicted octanol–water partition coefficient (Wildman–Crippen LogP) is 1.67. The van der Waals surface area contributed by atoms with Gasteiger partial charge in [0.25, 0.3) is 0 Å². The first-order valence-corrected chi connectivity index (χ1v) is 7.82. The Kier molecular flexibility index (Phi) is 3.67. The highest BCUT2D eigenvalue weighted by atomic mass is 79.9. The van der Waals surface area contributed by atoms with Crippen LogP contribution in [-0.2, 0) is 10.0 Å². The fraction of sp³-hybridized carbons (Fsp3) is 0.200. The van der Waals surface area contributed by atoms with Gasteiger partial charge in [0.15, 0.2) is 0 Å². The maximum absolute atomic E-state index is 11.3. The molecule has 0 radical (unpaired) electrons. The number of imidazole rings is 1. The minimum absolute atomic E-state index is 0.150. The number of halogens is 1. The lowest BCUT2D eigenvalue weighted by Gasteiger charge is -2.07. The molecular weight excluding hydrogens is 320 g/mol. The van der Waals surface area contributed by atoms with Crippen molar-refractivity contribution in [3.63, 3.8) is 0 Å². The van der Waals surface area contributed by atoms with E-state index >= 15 is 0 Å². The van der Waals surface area contributed by atoms with Crippen LogP contribution in [0.3, 0.4) is 0 Å². The fourth-order valence-electron chi connectivity index (χ4n) is 1.42. The maximum atomic E-state index is 11.3. The first-order chi connectivity index (χ1) is 8.52. The van der Waals surface area contributed by atoms with E-state index in [0.29, 0.717) is 11.5 Å². The van der Waals surface area contributed by atoms with Crippen molar-refractivity contribution in [3.05, 3.63) is 36.5 Å². The number of anilines is 1. The zero-order valence-corrected chi connectivity index (χ0v) is 11.9. The van der Waals surface area contributed by atoms with E-state index in [1.807, 2.05) is 11.5 Å². The van der Waals surface area contributed by atoms with Crippen molar-refractivity contribution < 1.29 is 8.42 Å². The molecule has 2 heterocycles. The van der Waals surface area contributed by atoms with Crippen LogP contribution in [0.25, 0.3) is 5.82 Å². The summed E-state index contributed by atoms with van der Waals surface area (Å²) in [6.07, 6.45) is 4.94. The molecule has 6 nitrogen and oxygen atoms in total. The van der Waals surface area contributed by atoms with E-state index in [-0.39, 0.29) is 4.66 Å². The topological polar surface area (TPSA) is 76.9 Å². The number of hydrogen-bond donors (Lipinski definition) is 1. The minimum Gasteiger partial charge on any atom is -0.288 e. The molecule has 0 atom stereocenters. The van der Waals surface area contributed by atoms with Crippen molar-refractivity contribution in [1.82, 2.24) is 14.5 Å². The highest BCUT2D eigenvalue weighted by molar-refractivity contribution is 9.10. The molecule has 0 spiro atoms. The Balaban J connectivity index is 2.24. The summed E-state index contributed by atoms with van der Waals surface area (Å²) in [6, 6.07) is 3.38. The van der Waals surface area contributed by atoms with E-state index < -0.39 is 10.0 Å². The standard InChI is InChI=1S/C10H11BrN4O2S/c1-8-12-4-5-15(8)10-3-2-9(6-13-10)14-18(16,17)7-11/h2-6,14H,7H2,1H3. The summed E-state index contributed by atoms with van der Waals surface area (Å²) in [6.45, 7) is 1.86. The van der Waals surface area contributed by atoms with Gasteiger partial charge in [-0.2, -0.15) is 0 Å². The SMILES string of the molecule is Cc1nccn1-c1ccc(NS(=O)(=O)CBr)cn1. The van der Waals surface area contributed by atoms with E-state index in [0.717, 1.165) is 5.82 Å². The Morgan fingerprint density at radius 3 is 2.67 bits per heavy atom. The molecule has 0 unspecified atom stereocenters. The number of aryl methyl sites for hydroxylation is 1. The minimum atomic E-state index is -3.34. The van der Waals surface area contributed by atoms with E-state index in [2.05, 4.69) is 30.6 Å². The number of sulfonamides is 1. The van der Waals surface area contributed by atoms with Crippen LogP contribution in [0.1, 0.15) is 5.82 Å². The first-order valence-electron chi connectivity index (χ1n) is 5.05. The van der Waals surface area contributed by atoms with Gasteiger partial charge in [-0.15, -0.1) is 0 Å². The fourth-order valence-corrected chi connectivity index (χ4v) is 2.29. The van der Waals surface area contributed by atoms with Crippen molar-refractivity contribution in [1.29, 1.82) is 0 Å². The largest absolute Gasteiger partial charge is 0.288 e. The molecule has 0 aliphatic heterocycles. The molecule has 0 aliphatic rings. The van der Waals surface area contributed by atoms with E-state index in [1.54, 1.807) is 24.5 Å². The molecule has 2 aromatic rings. The Morgan fingerprint density at radius 2 is 2.17 bits per heavy atom. The summed E-state index contributed by atoms with van der Waals surface area (Å²) in [7, 11) is -3.34. The highest BCUT2D eigenvalue weighted by Crippen LogP contribution is 2.13. The smallest absolute Gasteiger partial charge is 0.242 e. The van der Waals surface area contributed by atoms with Crippen molar-refractivity contribution >= 4 is 31.6 Å². The van der Waals surface area contributed by atoms with Crippen LogP contribution in [-0.4, -0.2) is 27.6 Å². The third-order valence-corrected chi connectivity index (χ3v) is 4.88. The zero-order valence-electron chi connectivity index (χ0n) is 9.54. The second-order valence-electron chi connectivity index (χ2n) is 3.58. The molecule has 96 valence electrons. The van der Waals surface area contributed by atoms with E-state index in [4.69, 9.17) is 0 Å². The molecule has 0 fully saturated rings. The van der Waals surface area contributed by atoms with Crippen LogP contribution in [0.15, 0.2) is 30.7 Å². The van der Waals surface area contributed by atoms with Gasteiger partial charge in [0.05, 0.1) is 11.9 Å². The third kappa shape index (κ3) is 2.88. The summed E-state index contributed by atoms with van der Waals surface area (Å²) in [4.78, 5) is 8.27. The van der Waals surface area contributed by atoms with Crippen molar-refractivity contribution in [2.75, 3.05) is 9.38 Å². The molecule has 2 aromatic heterocycles. The molecule has 18 heavy (non-hydrogen) atoms. The van der Waals surface area contributed by atoms with Gasteiger partial charge in [-0.3, -0.25) is 9.29 Å². The average molecular weight is 331 g/mol. The number of alkyl halides is 1. The number of nitrogens with one attached hydrogen (secondary N) is 1. The van der Waals surface area contributed by atoms with Crippen LogP contribution >= 0.6 is 15.9 Å². The van der Waals surface area contributed by atoms with Crippen LogP contribution in [0.4, 0.5) is 5.69 Å². The normalized spacial score (nSPS) is 11.4. The quantitative estimate of drug-likeness (QED) is 0.865. The summed E-state index contributed by atoms with van der Waals surface area (Å²) >= 11 is 2.90. The molecule has 0 bridgehead atoms. The molecule has 0 aromatic carbocycles. The Labute approximate surface area is 113 Å². The molecule has 1 N–H and O–H groups in total. The summed E-state index contributed by atoms with van der Waals surface area (Å²) in [5.74, 6) is 1.50. The lowest BCUT2D eigenvalue weighted by molar-refractivity contribution is 0.606. The summed E-state index contributed by atoms with van der Waals surface area (Å²) in [5.41, 5.74) is 0.427. The third-order valence-electron chi connectivity index (χ3n) is 2.24. The van der Waals surface area contributed by atoms with Gasteiger partial charge >= 0.3 is 0 Å². The lowest BCUT2D eigenvalue weighted by atomic mass is 10.4. The Bertz CT molecular complexity index is 636. The van der Waals surface area contributed by atoms with Gasteiger partial charge in [0, 0.05) is 12.4 Å². The highest BCUT2D eigenvalue weighted by Gasteiger charge is 2.08. The Hall–Kier alpha value is -1.41. The average Bonchev–Trinajstić information content (AvgIpc) is 2.76. The molecule has 2 rings (SSSR count). The first kappa shape index (κ1) is 13.0. The van der Waals surface area contributed by atoms with E-state index in [1.165, 1.54) is 6.20 Å². The van der Waals surface area contributed by atoms with Crippen molar-refractivity contribution in [2.45, 2.75) is 6.92 Å². The molecule has 0 saturated carbocycles. The van der Waals surface area contributed by atoms with E-state index in [9.17, 15) is 8.42 Å². The maximum Gasteiger partial charge on any atom is 0.242 e. The molecule has 0 amide bonds. The summed E-state index contributed by atoms with van der Waals surface area (Å²) in [5, 5.41) is 0. The van der Waals surface area contributed by atoms with Gasteiger partial charge in [0.2, 0.25) is 10.0 Å². The monoisotopic (exact) mass is 330 g/mol. The van der Waals surface area contributed by atoms with Crippen LogP contribution in [0.2, 0.25) is 0 Å². The number of nitrogens with zero attached hydrogens (tertiary/aromatic N) is 3. The van der Waals surface area contributed by atoms with Crippen molar-refractivity contribution in [2.24, 2.45) is 0 Å².